The van der Waals surface area contributed by atoms with Crippen molar-refractivity contribution in [3.63, 3.8) is 0 Å². The lowest BCUT2D eigenvalue weighted by atomic mass is 10.0. The largest absolute Gasteiger partial charge is 0.388 e. The maximum Gasteiger partial charge on any atom is 0.124 e. The lowest BCUT2D eigenvalue weighted by Gasteiger charge is -2.11. The molecule has 0 heterocycles. The lowest BCUT2D eigenvalue weighted by molar-refractivity contribution is 0.178. The highest BCUT2D eigenvalue weighted by molar-refractivity contribution is 9.10. The van der Waals surface area contributed by atoms with E-state index in [-0.39, 0.29) is 5.82 Å². The summed E-state index contributed by atoms with van der Waals surface area (Å²) in [5.41, 5.74) is 1.29. The van der Waals surface area contributed by atoms with E-state index in [0.717, 1.165) is 5.56 Å². The van der Waals surface area contributed by atoms with Gasteiger partial charge in [0.05, 0.1) is 6.10 Å². The quantitative estimate of drug-likeness (QED) is 0.908. The molecule has 0 saturated heterocycles. The third kappa shape index (κ3) is 3.37. The Hall–Kier alpha value is -1.26. The summed E-state index contributed by atoms with van der Waals surface area (Å²) in [6.07, 6.45) is -0.502. The van der Waals surface area contributed by atoms with E-state index >= 15 is 0 Å². The summed E-state index contributed by atoms with van der Waals surface area (Å²) < 4.78 is 26.5. The van der Waals surface area contributed by atoms with Gasteiger partial charge in [-0.2, -0.15) is 0 Å². The molecule has 0 bridgehead atoms. The maximum absolute atomic E-state index is 13.2. The highest BCUT2D eigenvalue weighted by Gasteiger charge is 2.10. The molecule has 2 rings (SSSR count). The molecule has 0 radical (unpaired) electrons. The smallest absolute Gasteiger partial charge is 0.124 e. The highest BCUT2D eigenvalue weighted by Crippen LogP contribution is 2.23. The van der Waals surface area contributed by atoms with Crippen molar-refractivity contribution in [2.45, 2.75) is 12.5 Å². The Morgan fingerprint density at radius 1 is 1.00 bits per heavy atom. The van der Waals surface area contributed by atoms with Crippen LogP contribution in [0.5, 0.6) is 0 Å². The van der Waals surface area contributed by atoms with Crippen LogP contribution in [0, 0.1) is 11.6 Å². The molecule has 18 heavy (non-hydrogen) atoms. The van der Waals surface area contributed by atoms with Gasteiger partial charge in [0.2, 0.25) is 0 Å². The van der Waals surface area contributed by atoms with E-state index in [0.29, 0.717) is 16.5 Å². The van der Waals surface area contributed by atoms with Crippen LogP contribution in [0.3, 0.4) is 0 Å². The van der Waals surface area contributed by atoms with Crippen LogP contribution < -0.4 is 0 Å². The minimum atomic E-state index is -0.817. The predicted molar refractivity (Wildman–Crippen MR) is 69.2 cm³/mol. The zero-order chi connectivity index (χ0) is 13.1. The molecule has 0 amide bonds. The van der Waals surface area contributed by atoms with Gasteiger partial charge in [-0.05, 0) is 41.5 Å². The van der Waals surface area contributed by atoms with Crippen LogP contribution in [0.1, 0.15) is 17.2 Å². The van der Waals surface area contributed by atoms with Crippen LogP contribution in [0.2, 0.25) is 0 Å². The standard InChI is InChI=1S/C14H11BrF2O/c15-11-6-10(7-13(17)8-11)14(18)5-9-1-3-12(16)4-2-9/h1-4,6-8,14,18H,5H2. The molecule has 1 unspecified atom stereocenters. The molecule has 0 spiro atoms. The topological polar surface area (TPSA) is 20.2 Å². The molecule has 2 aromatic rings. The summed E-state index contributed by atoms with van der Waals surface area (Å²) >= 11 is 3.18. The average molecular weight is 313 g/mol. The van der Waals surface area contributed by atoms with Crippen molar-refractivity contribution in [2.24, 2.45) is 0 Å². The summed E-state index contributed by atoms with van der Waals surface area (Å²) in [5, 5.41) is 10.0. The van der Waals surface area contributed by atoms with Gasteiger partial charge in [0, 0.05) is 10.9 Å². The van der Waals surface area contributed by atoms with Crippen molar-refractivity contribution in [3.05, 3.63) is 69.7 Å². The summed E-state index contributed by atoms with van der Waals surface area (Å²) in [6, 6.07) is 10.2. The molecule has 0 aliphatic carbocycles. The highest BCUT2D eigenvalue weighted by atomic mass is 79.9. The van der Waals surface area contributed by atoms with Crippen molar-refractivity contribution in [2.75, 3.05) is 0 Å². The second-order valence-corrected chi connectivity index (χ2v) is 4.96. The van der Waals surface area contributed by atoms with Gasteiger partial charge in [-0.25, -0.2) is 8.78 Å². The zero-order valence-corrected chi connectivity index (χ0v) is 11.0. The van der Waals surface area contributed by atoms with Gasteiger partial charge in [0.1, 0.15) is 11.6 Å². The normalized spacial score (nSPS) is 12.4. The number of benzene rings is 2. The van der Waals surface area contributed by atoms with Gasteiger partial charge in [0.15, 0.2) is 0 Å². The summed E-state index contributed by atoms with van der Waals surface area (Å²) in [6.45, 7) is 0. The molecule has 0 aromatic heterocycles. The fourth-order valence-corrected chi connectivity index (χ4v) is 2.21. The van der Waals surface area contributed by atoms with Crippen molar-refractivity contribution in [1.82, 2.24) is 0 Å². The molecule has 94 valence electrons. The molecule has 0 fully saturated rings. The number of hydrogen-bond donors (Lipinski definition) is 1. The first kappa shape index (κ1) is 13.2. The monoisotopic (exact) mass is 312 g/mol. The number of aliphatic hydroxyl groups is 1. The Kier molecular flexibility index (Phi) is 4.09. The van der Waals surface area contributed by atoms with Crippen molar-refractivity contribution in [3.8, 4) is 0 Å². The van der Waals surface area contributed by atoms with E-state index in [4.69, 9.17) is 0 Å². The van der Waals surface area contributed by atoms with Crippen LogP contribution in [0.25, 0.3) is 0 Å². The first-order chi connectivity index (χ1) is 8.54. The Labute approximate surface area is 112 Å². The number of aliphatic hydroxyl groups excluding tert-OH is 1. The number of rotatable bonds is 3. The van der Waals surface area contributed by atoms with Gasteiger partial charge in [-0.15, -0.1) is 0 Å². The minimum absolute atomic E-state index is 0.316. The second-order valence-electron chi connectivity index (χ2n) is 4.05. The molecule has 1 nitrogen and oxygen atoms in total. The molecular formula is C14H11BrF2O. The maximum atomic E-state index is 13.2. The molecule has 2 aromatic carbocycles. The van der Waals surface area contributed by atoms with Gasteiger partial charge >= 0.3 is 0 Å². The molecule has 4 heteroatoms. The molecule has 1 N–H and O–H groups in total. The van der Waals surface area contributed by atoms with Gasteiger partial charge in [0.25, 0.3) is 0 Å². The van der Waals surface area contributed by atoms with E-state index in [1.54, 1.807) is 18.2 Å². The first-order valence-electron chi connectivity index (χ1n) is 5.43. The average Bonchev–Trinajstić information content (AvgIpc) is 2.31. The zero-order valence-electron chi connectivity index (χ0n) is 9.41. The minimum Gasteiger partial charge on any atom is -0.388 e. The van der Waals surface area contributed by atoms with Crippen molar-refractivity contribution in [1.29, 1.82) is 0 Å². The Bertz CT molecular complexity index is 520. The summed E-state index contributed by atoms with van der Waals surface area (Å²) in [5.74, 6) is -0.723. The van der Waals surface area contributed by atoms with Crippen molar-refractivity contribution < 1.29 is 13.9 Å². The van der Waals surface area contributed by atoms with E-state index in [1.807, 2.05) is 0 Å². The van der Waals surface area contributed by atoms with E-state index in [9.17, 15) is 13.9 Å². The fraction of sp³-hybridized carbons (Fsp3) is 0.143. The molecule has 1 atom stereocenters. The van der Waals surface area contributed by atoms with Crippen LogP contribution in [-0.4, -0.2) is 5.11 Å². The SMILES string of the molecule is OC(Cc1ccc(F)cc1)c1cc(F)cc(Br)c1. The molecule has 0 aliphatic rings. The predicted octanol–water partition coefficient (Wildman–Crippen LogP) is 4.00. The Morgan fingerprint density at radius 3 is 2.28 bits per heavy atom. The van der Waals surface area contributed by atoms with E-state index in [1.165, 1.54) is 24.3 Å². The van der Waals surface area contributed by atoms with E-state index < -0.39 is 11.9 Å². The van der Waals surface area contributed by atoms with Crippen LogP contribution >= 0.6 is 15.9 Å². The van der Waals surface area contributed by atoms with Gasteiger partial charge in [-0.3, -0.25) is 0 Å². The van der Waals surface area contributed by atoms with E-state index in [2.05, 4.69) is 15.9 Å². The Balaban J connectivity index is 2.16. The first-order valence-corrected chi connectivity index (χ1v) is 6.22. The molecule has 0 saturated carbocycles. The fourth-order valence-electron chi connectivity index (χ4n) is 1.73. The van der Waals surface area contributed by atoms with Crippen LogP contribution in [0.4, 0.5) is 8.78 Å². The molecular weight excluding hydrogens is 302 g/mol. The molecule has 0 aliphatic heterocycles. The van der Waals surface area contributed by atoms with Gasteiger partial charge < -0.3 is 5.11 Å². The third-order valence-electron chi connectivity index (χ3n) is 2.61. The van der Waals surface area contributed by atoms with Gasteiger partial charge in [-0.1, -0.05) is 28.1 Å². The number of halogens is 3. The summed E-state index contributed by atoms with van der Waals surface area (Å²) in [4.78, 5) is 0. The van der Waals surface area contributed by atoms with Crippen LogP contribution in [0.15, 0.2) is 46.9 Å². The Morgan fingerprint density at radius 2 is 1.67 bits per heavy atom. The third-order valence-corrected chi connectivity index (χ3v) is 3.07. The van der Waals surface area contributed by atoms with Crippen LogP contribution in [-0.2, 0) is 6.42 Å². The van der Waals surface area contributed by atoms with Crippen molar-refractivity contribution >= 4 is 15.9 Å². The number of hydrogen-bond acceptors (Lipinski definition) is 1. The summed E-state index contributed by atoms with van der Waals surface area (Å²) in [7, 11) is 0. The second kappa shape index (κ2) is 5.59. The lowest BCUT2D eigenvalue weighted by Crippen LogP contribution is -2.02.